The molecule has 0 bridgehead atoms. The fraction of sp³-hybridized carbons (Fsp3) is 0.462. The van der Waals surface area contributed by atoms with Crippen molar-refractivity contribution < 1.29 is 4.84 Å². The van der Waals surface area contributed by atoms with Gasteiger partial charge in [0.15, 0.2) is 0 Å². The second-order valence-corrected chi connectivity index (χ2v) is 4.54. The molecule has 0 radical (unpaired) electrons. The molecule has 1 saturated heterocycles. The number of rotatable bonds is 3. The SMILES string of the molecule is CON=C(c1ccccc1)C1C2CNCC21. The van der Waals surface area contributed by atoms with E-state index >= 15 is 0 Å². The van der Waals surface area contributed by atoms with Crippen molar-refractivity contribution in [1.29, 1.82) is 0 Å². The monoisotopic (exact) mass is 216 g/mol. The lowest BCUT2D eigenvalue weighted by Gasteiger charge is -2.08. The summed E-state index contributed by atoms with van der Waals surface area (Å²) in [5.74, 6) is 2.15. The highest BCUT2D eigenvalue weighted by Gasteiger charge is 2.55. The van der Waals surface area contributed by atoms with Crippen molar-refractivity contribution in [2.24, 2.45) is 22.9 Å². The van der Waals surface area contributed by atoms with Crippen LogP contribution >= 0.6 is 0 Å². The van der Waals surface area contributed by atoms with Crippen LogP contribution < -0.4 is 5.32 Å². The fourth-order valence-corrected chi connectivity index (χ4v) is 2.84. The van der Waals surface area contributed by atoms with Gasteiger partial charge in [0.2, 0.25) is 0 Å². The molecule has 2 atom stereocenters. The van der Waals surface area contributed by atoms with E-state index < -0.39 is 0 Å². The minimum atomic E-state index is 0.601. The molecule has 16 heavy (non-hydrogen) atoms. The Hall–Kier alpha value is -1.35. The molecule has 2 unspecified atom stereocenters. The second kappa shape index (κ2) is 3.91. The molecule has 0 aromatic heterocycles. The topological polar surface area (TPSA) is 33.6 Å². The Morgan fingerprint density at radius 2 is 1.94 bits per heavy atom. The number of piperidine rings is 1. The van der Waals surface area contributed by atoms with Crippen molar-refractivity contribution in [1.82, 2.24) is 5.32 Å². The molecule has 1 heterocycles. The van der Waals surface area contributed by atoms with Gasteiger partial charge in [0, 0.05) is 5.92 Å². The van der Waals surface area contributed by atoms with E-state index in [0.29, 0.717) is 5.92 Å². The summed E-state index contributed by atoms with van der Waals surface area (Å²) in [6.45, 7) is 2.26. The Morgan fingerprint density at radius 1 is 1.25 bits per heavy atom. The number of hydrogen-bond donors (Lipinski definition) is 1. The van der Waals surface area contributed by atoms with Gasteiger partial charge in [-0.2, -0.15) is 0 Å². The molecule has 1 aliphatic carbocycles. The summed E-state index contributed by atoms with van der Waals surface area (Å²) in [5, 5.41) is 7.63. The van der Waals surface area contributed by atoms with Gasteiger partial charge in [-0.15, -0.1) is 0 Å². The summed E-state index contributed by atoms with van der Waals surface area (Å²) in [6.07, 6.45) is 0. The molecule has 0 spiro atoms. The van der Waals surface area contributed by atoms with Crippen LogP contribution in [0.2, 0.25) is 0 Å². The molecule has 1 saturated carbocycles. The van der Waals surface area contributed by atoms with Gasteiger partial charge in [0.1, 0.15) is 7.11 Å². The number of oxime groups is 1. The molecule has 2 aliphatic rings. The maximum absolute atomic E-state index is 4.99. The van der Waals surface area contributed by atoms with E-state index in [1.54, 1.807) is 7.11 Å². The van der Waals surface area contributed by atoms with Gasteiger partial charge in [-0.05, 0) is 30.5 Å². The Balaban J connectivity index is 1.86. The van der Waals surface area contributed by atoms with E-state index in [1.807, 2.05) is 6.07 Å². The van der Waals surface area contributed by atoms with Gasteiger partial charge in [0.25, 0.3) is 0 Å². The predicted molar refractivity (Wildman–Crippen MR) is 63.3 cm³/mol. The van der Waals surface area contributed by atoms with Crippen molar-refractivity contribution >= 4 is 5.71 Å². The third kappa shape index (κ3) is 1.52. The highest BCUT2D eigenvalue weighted by atomic mass is 16.6. The van der Waals surface area contributed by atoms with E-state index in [4.69, 9.17) is 4.84 Å². The van der Waals surface area contributed by atoms with E-state index in [2.05, 4.69) is 34.7 Å². The molecule has 1 aromatic carbocycles. The average molecular weight is 216 g/mol. The Bertz CT molecular complexity index is 392. The largest absolute Gasteiger partial charge is 0.399 e. The fourth-order valence-electron chi connectivity index (χ4n) is 2.84. The van der Waals surface area contributed by atoms with Crippen LogP contribution in [0.4, 0.5) is 0 Å². The Labute approximate surface area is 95.5 Å². The van der Waals surface area contributed by atoms with E-state index in [1.165, 1.54) is 5.56 Å². The highest BCUT2D eigenvalue weighted by Crippen LogP contribution is 2.50. The first-order chi connectivity index (χ1) is 7.92. The van der Waals surface area contributed by atoms with Crippen LogP contribution in [0, 0.1) is 17.8 Å². The van der Waals surface area contributed by atoms with Gasteiger partial charge in [-0.25, -0.2) is 0 Å². The zero-order valence-electron chi connectivity index (χ0n) is 9.39. The van der Waals surface area contributed by atoms with Gasteiger partial charge < -0.3 is 10.2 Å². The maximum atomic E-state index is 4.99. The van der Waals surface area contributed by atoms with Crippen molar-refractivity contribution in [2.45, 2.75) is 0 Å². The zero-order valence-corrected chi connectivity index (χ0v) is 9.39. The quantitative estimate of drug-likeness (QED) is 0.613. The highest BCUT2D eigenvalue weighted by molar-refractivity contribution is 6.04. The van der Waals surface area contributed by atoms with Gasteiger partial charge in [-0.1, -0.05) is 35.5 Å². The molecule has 2 fully saturated rings. The zero-order chi connectivity index (χ0) is 11.0. The van der Waals surface area contributed by atoms with E-state index in [9.17, 15) is 0 Å². The molecule has 1 aliphatic heterocycles. The summed E-state index contributed by atoms with van der Waals surface area (Å²) in [5.41, 5.74) is 2.32. The Kier molecular flexibility index (Phi) is 2.40. The third-order valence-electron chi connectivity index (χ3n) is 3.67. The maximum Gasteiger partial charge on any atom is 0.106 e. The van der Waals surface area contributed by atoms with Gasteiger partial charge in [0.05, 0.1) is 5.71 Å². The van der Waals surface area contributed by atoms with Gasteiger partial charge >= 0.3 is 0 Å². The lowest BCUT2D eigenvalue weighted by atomic mass is 10.0. The first kappa shape index (κ1) is 9.85. The third-order valence-corrected chi connectivity index (χ3v) is 3.67. The number of nitrogens with zero attached hydrogens (tertiary/aromatic N) is 1. The number of hydrogen-bond acceptors (Lipinski definition) is 3. The van der Waals surface area contributed by atoms with E-state index in [-0.39, 0.29) is 0 Å². The molecular formula is C13H16N2O. The number of nitrogens with one attached hydrogen (secondary N) is 1. The predicted octanol–water partition coefficient (Wildman–Crippen LogP) is 1.50. The van der Waals surface area contributed by atoms with Crippen LogP contribution in [0.25, 0.3) is 0 Å². The number of benzene rings is 1. The lowest BCUT2D eigenvalue weighted by molar-refractivity contribution is 0.212. The number of fused-ring (bicyclic) bond motifs is 1. The first-order valence-electron chi connectivity index (χ1n) is 5.79. The minimum Gasteiger partial charge on any atom is -0.399 e. The Morgan fingerprint density at radius 3 is 2.56 bits per heavy atom. The standard InChI is InChI=1S/C13H16N2O/c1-16-15-13(9-5-3-2-4-6-9)12-10-7-14-8-11(10)12/h2-6,10-12,14H,7-8H2,1H3. The van der Waals surface area contributed by atoms with Crippen LogP contribution in [-0.2, 0) is 4.84 Å². The molecule has 1 aromatic rings. The van der Waals surface area contributed by atoms with Crippen LogP contribution in [0.1, 0.15) is 5.56 Å². The van der Waals surface area contributed by atoms with Gasteiger partial charge in [-0.3, -0.25) is 0 Å². The normalized spacial score (nSPS) is 32.3. The average Bonchev–Trinajstić information content (AvgIpc) is 2.80. The lowest BCUT2D eigenvalue weighted by Crippen LogP contribution is -2.19. The molecule has 3 heteroatoms. The molecule has 3 nitrogen and oxygen atoms in total. The molecule has 1 N–H and O–H groups in total. The molecule has 0 amide bonds. The van der Waals surface area contributed by atoms with E-state index in [0.717, 1.165) is 30.6 Å². The summed E-state index contributed by atoms with van der Waals surface area (Å²) >= 11 is 0. The summed E-state index contributed by atoms with van der Waals surface area (Å²) in [7, 11) is 1.62. The summed E-state index contributed by atoms with van der Waals surface area (Å²) in [4.78, 5) is 4.99. The van der Waals surface area contributed by atoms with Crippen molar-refractivity contribution in [2.75, 3.05) is 20.2 Å². The minimum absolute atomic E-state index is 0.601. The van der Waals surface area contributed by atoms with Crippen LogP contribution in [0.15, 0.2) is 35.5 Å². The smallest absolute Gasteiger partial charge is 0.106 e. The van der Waals surface area contributed by atoms with Crippen LogP contribution in [0.5, 0.6) is 0 Å². The molecular weight excluding hydrogens is 200 g/mol. The summed E-state index contributed by atoms with van der Waals surface area (Å²) < 4.78 is 0. The van der Waals surface area contributed by atoms with Crippen molar-refractivity contribution in [3.63, 3.8) is 0 Å². The van der Waals surface area contributed by atoms with Crippen molar-refractivity contribution in [3.05, 3.63) is 35.9 Å². The van der Waals surface area contributed by atoms with Crippen molar-refractivity contribution in [3.8, 4) is 0 Å². The van der Waals surface area contributed by atoms with Crippen LogP contribution in [0.3, 0.4) is 0 Å². The first-order valence-corrected chi connectivity index (χ1v) is 5.79. The molecule has 3 rings (SSSR count). The summed E-state index contributed by atoms with van der Waals surface area (Å²) in [6, 6.07) is 10.4. The second-order valence-electron chi connectivity index (χ2n) is 4.54. The van der Waals surface area contributed by atoms with Crippen LogP contribution in [-0.4, -0.2) is 25.9 Å². The molecule has 84 valence electrons.